The summed E-state index contributed by atoms with van der Waals surface area (Å²) in [5, 5.41) is 0. The van der Waals surface area contributed by atoms with Crippen LogP contribution in [0.5, 0.6) is 0 Å². The van der Waals surface area contributed by atoms with E-state index in [1.807, 2.05) is 0 Å². The Morgan fingerprint density at radius 2 is 1.79 bits per heavy atom. The first-order chi connectivity index (χ1) is 11.4. The molecule has 1 heterocycles. The third-order valence-electron chi connectivity index (χ3n) is 8.82. The highest BCUT2D eigenvalue weighted by molar-refractivity contribution is 5.94. The van der Waals surface area contributed by atoms with Gasteiger partial charge >= 0.3 is 0 Å². The molecule has 4 fully saturated rings. The minimum atomic E-state index is -0.380. The average molecular weight is 330 g/mol. The maximum absolute atomic E-state index is 13.2. The van der Waals surface area contributed by atoms with Gasteiger partial charge in [-0.1, -0.05) is 26.3 Å². The van der Waals surface area contributed by atoms with E-state index in [9.17, 15) is 4.79 Å². The van der Waals surface area contributed by atoms with Gasteiger partial charge in [0.15, 0.2) is 18.4 Å². The number of ketones is 1. The molecule has 4 aliphatic carbocycles. The number of fused-ring (bicyclic) bond motifs is 6. The second kappa shape index (κ2) is 4.73. The van der Waals surface area contributed by atoms with E-state index in [1.165, 1.54) is 18.4 Å². The zero-order chi connectivity index (χ0) is 16.7. The zero-order valence-electron chi connectivity index (χ0n) is 15.3. The Kier molecular flexibility index (Phi) is 3.07. The molecule has 0 unspecified atom stereocenters. The van der Waals surface area contributed by atoms with Crippen LogP contribution in [0.3, 0.4) is 0 Å². The van der Waals surface area contributed by atoms with E-state index < -0.39 is 0 Å². The van der Waals surface area contributed by atoms with Gasteiger partial charge in [0, 0.05) is 17.8 Å². The molecular formula is C21H30O3. The Labute approximate surface area is 145 Å². The molecule has 3 nitrogen and oxygen atoms in total. The van der Waals surface area contributed by atoms with Gasteiger partial charge in [-0.05, 0) is 67.8 Å². The maximum atomic E-state index is 13.2. The van der Waals surface area contributed by atoms with Crippen LogP contribution in [0.1, 0.15) is 65.7 Å². The van der Waals surface area contributed by atoms with Crippen molar-refractivity contribution in [3.8, 4) is 0 Å². The van der Waals surface area contributed by atoms with Crippen LogP contribution in [0.25, 0.3) is 0 Å². The van der Waals surface area contributed by atoms with Crippen molar-refractivity contribution in [2.75, 3.05) is 6.79 Å². The summed E-state index contributed by atoms with van der Waals surface area (Å²) in [6.07, 6.45) is 10.1. The topological polar surface area (TPSA) is 35.5 Å². The number of rotatable bonds is 0. The van der Waals surface area contributed by atoms with Crippen LogP contribution in [0, 0.1) is 34.5 Å². The summed E-state index contributed by atoms with van der Waals surface area (Å²) >= 11 is 0. The normalized spacial score (nSPS) is 52.1. The molecule has 5 rings (SSSR count). The van der Waals surface area contributed by atoms with E-state index in [1.54, 1.807) is 0 Å². The maximum Gasteiger partial charge on any atom is 0.179 e. The van der Waals surface area contributed by atoms with Gasteiger partial charge in [0.05, 0.1) is 0 Å². The summed E-state index contributed by atoms with van der Waals surface area (Å²) in [4.78, 5) is 13.2. The highest BCUT2D eigenvalue weighted by Gasteiger charge is 2.69. The molecule has 0 radical (unpaired) electrons. The molecule has 24 heavy (non-hydrogen) atoms. The zero-order valence-corrected chi connectivity index (χ0v) is 15.3. The molecular weight excluding hydrogens is 300 g/mol. The molecule has 0 bridgehead atoms. The quantitative estimate of drug-likeness (QED) is 0.657. The molecule has 1 aliphatic heterocycles. The van der Waals surface area contributed by atoms with Crippen LogP contribution in [0.15, 0.2) is 11.6 Å². The van der Waals surface area contributed by atoms with Gasteiger partial charge in [0.25, 0.3) is 0 Å². The van der Waals surface area contributed by atoms with Crippen LogP contribution < -0.4 is 0 Å². The Bertz CT molecular complexity index is 619. The lowest BCUT2D eigenvalue weighted by atomic mass is 9.47. The fourth-order valence-electron chi connectivity index (χ4n) is 7.22. The van der Waals surface area contributed by atoms with Crippen molar-refractivity contribution >= 4 is 5.78 Å². The van der Waals surface area contributed by atoms with Crippen LogP contribution in [-0.2, 0) is 14.3 Å². The van der Waals surface area contributed by atoms with Gasteiger partial charge < -0.3 is 9.47 Å². The number of hydrogen-bond acceptors (Lipinski definition) is 3. The van der Waals surface area contributed by atoms with Crippen molar-refractivity contribution in [3.63, 3.8) is 0 Å². The molecule has 5 aliphatic rings. The Balaban J connectivity index is 1.55. The predicted octanol–water partition coefficient (Wildman–Crippen LogP) is 4.46. The monoisotopic (exact) mass is 330 g/mol. The highest BCUT2D eigenvalue weighted by atomic mass is 16.9. The van der Waals surface area contributed by atoms with Gasteiger partial charge in [-0.15, -0.1) is 0 Å². The van der Waals surface area contributed by atoms with Crippen LogP contribution >= 0.6 is 0 Å². The smallest absolute Gasteiger partial charge is 0.179 e. The second-order valence-electron chi connectivity index (χ2n) is 9.73. The van der Waals surface area contributed by atoms with Gasteiger partial charge in [-0.25, -0.2) is 0 Å². The second-order valence-corrected chi connectivity index (χ2v) is 9.73. The fraction of sp³-hybridized carbons (Fsp3) is 0.857. The number of carbonyl (C=O) groups is 1. The van der Waals surface area contributed by atoms with Gasteiger partial charge in [0.2, 0.25) is 0 Å². The van der Waals surface area contributed by atoms with Crippen molar-refractivity contribution in [1.82, 2.24) is 0 Å². The summed E-state index contributed by atoms with van der Waals surface area (Å²) < 4.78 is 11.9. The number of hydrogen-bond donors (Lipinski definition) is 0. The van der Waals surface area contributed by atoms with Crippen molar-refractivity contribution < 1.29 is 14.3 Å². The third kappa shape index (κ3) is 1.69. The Hall–Kier alpha value is -0.670. The van der Waals surface area contributed by atoms with Crippen LogP contribution in [0.4, 0.5) is 0 Å². The molecule has 1 spiro atoms. The van der Waals surface area contributed by atoms with E-state index >= 15 is 0 Å². The van der Waals surface area contributed by atoms with Gasteiger partial charge in [-0.3, -0.25) is 4.79 Å². The minimum Gasteiger partial charge on any atom is -0.323 e. The Morgan fingerprint density at radius 3 is 2.50 bits per heavy atom. The third-order valence-corrected chi connectivity index (χ3v) is 8.82. The van der Waals surface area contributed by atoms with E-state index in [2.05, 4.69) is 26.8 Å². The summed E-state index contributed by atoms with van der Waals surface area (Å²) in [6.45, 7) is 7.56. The number of ether oxygens (including phenoxy) is 2. The molecule has 1 saturated heterocycles. The number of allylic oxidation sites excluding steroid dienone is 2. The first-order valence-corrected chi connectivity index (χ1v) is 9.92. The predicted molar refractivity (Wildman–Crippen MR) is 91.0 cm³/mol. The molecule has 3 saturated carbocycles. The minimum absolute atomic E-state index is 0.0196. The largest absolute Gasteiger partial charge is 0.323 e. The van der Waals surface area contributed by atoms with Gasteiger partial charge in [0.1, 0.15) is 0 Å². The van der Waals surface area contributed by atoms with E-state index in [0.29, 0.717) is 24.4 Å². The van der Waals surface area contributed by atoms with Crippen molar-refractivity contribution in [3.05, 3.63) is 11.6 Å². The van der Waals surface area contributed by atoms with E-state index in [4.69, 9.17) is 9.47 Å². The Morgan fingerprint density at radius 1 is 1.04 bits per heavy atom. The molecule has 6 atom stereocenters. The lowest BCUT2D eigenvalue weighted by molar-refractivity contribution is -0.436. The lowest BCUT2D eigenvalue weighted by Gasteiger charge is -2.60. The molecule has 0 aromatic heterocycles. The van der Waals surface area contributed by atoms with Crippen molar-refractivity contribution in [2.45, 2.75) is 71.5 Å². The molecule has 0 N–H and O–H groups in total. The van der Waals surface area contributed by atoms with Crippen molar-refractivity contribution in [2.24, 2.45) is 34.5 Å². The molecule has 0 aromatic carbocycles. The summed E-state index contributed by atoms with van der Waals surface area (Å²) in [6, 6.07) is 0. The number of carbonyl (C=O) groups excluding carboxylic acids is 1. The molecule has 0 aromatic rings. The first-order valence-electron chi connectivity index (χ1n) is 9.92. The van der Waals surface area contributed by atoms with E-state index in [0.717, 1.165) is 38.0 Å². The lowest BCUT2D eigenvalue weighted by Crippen LogP contribution is -2.61. The summed E-state index contributed by atoms with van der Waals surface area (Å²) in [7, 11) is 0. The first kappa shape index (κ1) is 15.6. The van der Waals surface area contributed by atoms with E-state index in [-0.39, 0.29) is 22.5 Å². The summed E-state index contributed by atoms with van der Waals surface area (Å²) in [5.74, 6) is 1.92. The van der Waals surface area contributed by atoms with Crippen molar-refractivity contribution in [1.29, 1.82) is 0 Å². The summed E-state index contributed by atoms with van der Waals surface area (Å²) in [5.41, 5.74) is 1.73. The van der Waals surface area contributed by atoms with Crippen LogP contribution in [0.2, 0.25) is 0 Å². The molecule has 132 valence electrons. The highest BCUT2D eigenvalue weighted by Crippen LogP contribution is 2.68. The SMILES string of the molecule is C[C@H]1CC[C@@]2(C)C(=CC(=O)[C@@H]3[C@@H]2CC[C@@]2(C)[C@H]3CCC23OCO3)C1. The molecule has 3 heteroatoms. The standard InChI is InChI=1S/C21H30O3/c1-13-4-7-19(2)14(10-13)11-17(22)18-15(19)5-8-20(3)16(18)6-9-21(20)23-12-24-21/h11,13,15-16,18H,4-10,12H2,1-3H3/t13-,15-,16-,18+,19-,20-/m0/s1. The average Bonchev–Trinajstić information content (AvgIpc) is 2.82. The van der Waals surface area contributed by atoms with Gasteiger partial charge in [-0.2, -0.15) is 0 Å². The van der Waals surface area contributed by atoms with Crippen LogP contribution in [-0.4, -0.2) is 18.4 Å². The molecule has 0 amide bonds. The fourth-order valence-corrected chi connectivity index (χ4v) is 7.22.